The van der Waals surface area contributed by atoms with E-state index in [1.807, 2.05) is 17.6 Å². The highest BCUT2D eigenvalue weighted by Crippen LogP contribution is 2.23. The Balaban J connectivity index is 1.66. The van der Waals surface area contributed by atoms with Gasteiger partial charge in [0.15, 0.2) is 4.80 Å². The van der Waals surface area contributed by atoms with Crippen molar-refractivity contribution < 1.29 is 27.5 Å². The lowest BCUT2D eigenvalue weighted by Crippen LogP contribution is -2.26. The van der Waals surface area contributed by atoms with E-state index in [0.29, 0.717) is 35.8 Å². The molecular formula is C27H27N3O6S2. The van der Waals surface area contributed by atoms with Crippen LogP contribution in [0.2, 0.25) is 0 Å². The minimum atomic E-state index is -3.81. The summed E-state index contributed by atoms with van der Waals surface area (Å²) < 4.78 is 40.2. The molecule has 0 aliphatic rings. The molecule has 0 N–H and O–H groups in total. The lowest BCUT2D eigenvalue weighted by molar-refractivity contribution is 0.0600. The summed E-state index contributed by atoms with van der Waals surface area (Å²) >= 11 is 1.27. The van der Waals surface area contributed by atoms with Crippen molar-refractivity contribution in [2.24, 2.45) is 4.99 Å². The Bertz CT molecular complexity index is 1630. The molecule has 0 unspecified atom stereocenters. The summed E-state index contributed by atoms with van der Waals surface area (Å²) in [4.78, 5) is 29.9. The van der Waals surface area contributed by atoms with Gasteiger partial charge in [0.1, 0.15) is 0 Å². The molecule has 0 radical (unpaired) electrons. The van der Waals surface area contributed by atoms with Crippen LogP contribution >= 0.6 is 11.3 Å². The van der Waals surface area contributed by atoms with Crippen LogP contribution in [0.3, 0.4) is 0 Å². The number of aromatic nitrogens is 1. The Hall–Kier alpha value is -3.80. The molecule has 198 valence electrons. The number of sulfonamides is 1. The van der Waals surface area contributed by atoms with Crippen molar-refractivity contribution >= 4 is 49.1 Å². The van der Waals surface area contributed by atoms with Crippen LogP contribution in [0.4, 0.5) is 5.69 Å². The lowest BCUT2D eigenvalue weighted by Gasteiger charge is -2.19. The Morgan fingerprint density at radius 1 is 1.00 bits per heavy atom. The van der Waals surface area contributed by atoms with Crippen LogP contribution in [0.1, 0.15) is 27.6 Å². The van der Waals surface area contributed by atoms with Crippen LogP contribution in [0.5, 0.6) is 0 Å². The molecule has 0 aliphatic carbocycles. The second-order valence-electron chi connectivity index (χ2n) is 8.16. The fourth-order valence-corrected chi connectivity index (χ4v) is 6.06. The van der Waals surface area contributed by atoms with Crippen LogP contribution in [-0.2, 0) is 26.0 Å². The number of hydrogen-bond donors (Lipinski definition) is 0. The molecule has 0 fully saturated rings. The monoisotopic (exact) mass is 553 g/mol. The van der Waals surface area contributed by atoms with Crippen LogP contribution in [0.25, 0.3) is 10.2 Å². The number of carbonyl (C=O) groups is 2. The molecule has 11 heteroatoms. The van der Waals surface area contributed by atoms with Crippen molar-refractivity contribution in [1.29, 1.82) is 0 Å². The molecule has 0 atom stereocenters. The van der Waals surface area contributed by atoms with Gasteiger partial charge in [-0.2, -0.15) is 4.99 Å². The van der Waals surface area contributed by atoms with Gasteiger partial charge in [0.25, 0.3) is 15.9 Å². The number of rotatable bonds is 9. The number of esters is 1. The highest BCUT2D eigenvalue weighted by Gasteiger charge is 2.21. The first-order valence-electron chi connectivity index (χ1n) is 11.8. The molecule has 0 aliphatic heterocycles. The number of anilines is 1. The first kappa shape index (κ1) is 27.2. The largest absolute Gasteiger partial charge is 0.465 e. The molecule has 1 heterocycles. The molecule has 1 amide bonds. The van der Waals surface area contributed by atoms with Gasteiger partial charge in [-0.05, 0) is 61.5 Å². The van der Waals surface area contributed by atoms with Gasteiger partial charge in [-0.3, -0.25) is 9.10 Å². The van der Waals surface area contributed by atoms with Crippen molar-refractivity contribution in [3.05, 3.63) is 88.7 Å². The average molecular weight is 554 g/mol. The quantitative estimate of drug-likeness (QED) is 0.228. The summed E-state index contributed by atoms with van der Waals surface area (Å²) in [5.41, 5.74) is 1.97. The number of thiazole rings is 1. The molecule has 4 rings (SSSR count). The van der Waals surface area contributed by atoms with Crippen molar-refractivity contribution in [3.63, 3.8) is 0 Å². The fourth-order valence-electron chi connectivity index (χ4n) is 3.78. The Morgan fingerprint density at radius 3 is 2.34 bits per heavy atom. The average Bonchev–Trinajstić information content (AvgIpc) is 3.28. The smallest absolute Gasteiger partial charge is 0.337 e. The molecule has 9 nitrogen and oxygen atoms in total. The van der Waals surface area contributed by atoms with Crippen LogP contribution < -0.4 is 9.11 Å². The van der Waals surface area contributed by atoms with Crippen molar-refractivity contribution in [3.8, 4) is 0 Å². The first-order chi connectivity index (χ1) is 18.3. The van der Waals surface area contributed by atoms with Gasteiger partial charge >= 0.3 is 5.97 Å². The zero-order chi connectivity index (χ0) is 27.3. The number of amides is 1. The number of para-hydroxylation sites is 1. The number of fused-ring (bicyclic) bond motifs is 1. The van der Waals surface area contributed by atoms with E-state index in [4.69, 9.17) is 9.47 Å². The maximum Gasteiger partial charge on any atom is 0.337 e. The molecule has 3 aromatic carbocycles. The predicted octanol–water partition coefficient (Wildman–Crippen LogP) is 4.09. The Morgan fingerprint density at radius 2 is 1.68 bits per heavy atom. The number of ether oxygens (including phenoxy) is 2. The molecule has 1 aromatic heterocycles. The fraction of sp³-hybridized carbons (Fsp3) is 0.222. The topological polar surface area (TPSA) is 107 Å². The van der Waals surface area contributed by atoms with E-state index in [1.54, 1.807) is 42.5 Å². The highest BCUT2D eigenvalue weighted by molar-refractivity contribution is 7.92. The van der Waals surface area contributed by atoms with E-state index in [1.165, 1.54) is 54.1 Å². The van der Waals surface area contributed by atoms with Crippen molar-refractivity contribution in [1.82, 2.24) is 4.57 Å². The summed E-state index contributed by atoms with van der Waals surface area (Å²) in [6, 6.07) is 19.6. The van der Waals surface area contributed by atoms with E-state index in [-0.39, 0.29) is 10.5 Å². The Labute approximate surface area is 224 Å². The number of methoxy groups -OCH3 is 1. The van der Waals surface area contributed by atoms with Gasteiger partial charge in [-0.25, -0.2) is 13.2 Å². The summed E-state index contributed by atoms with van der Waals surface area (Å²) in [6.45, 7) is 3.33. The second-order valence-corrected chi connectivity index (χ2v) is 11.1. The molecule has 0 spiro atoms. The SMILES string of the molecule is CCOCCn1c(=NC(=O)c2ccc(S(=O)(=O)N(C)c3ccccc3)cc2)sc2cc(C(=O)OC)ccc21. The zero-order valence-corrected chi connectivity index (χ0v) is 22.8. The third-order valence-corrected chi connectivity index (χ3v) is 8.68. The van der Waals surface area contributed by atoms with Gasteiger partial charge in [-0.1, -0.05) is 29.5 Å². The van der Waals surface area contributed by atoms with E-state index >= 15 is 0 Å². The lowest BCUT2D eigenvalue weighted by atomic mass is 10.2. The predicted molar refractivity (Wildman–Crippen MR) is 146 cm³/mol. The third-order valence-electron chi connectivity index (χ3n) is 5.84. The summed E-state index contributed by atoms with van der Waals surface area (Å²) in [5, 5.41) is 0. The number of benzene rings is 3. The van der Waals surface area contributed by atoms with Crippen molar-refractivity contribution in [2.45, 2.75) is 18.4 Å². The third kappa shape index (κ3) is 5.69. The summed E-state index contributed by atoms with van der Waals surface area (Å²) in [6.07, 6.45) is 0. The van der Waals surface area contributed by atoms with Gasteiger partial charge < -0.3 is 14.0 Å². The minimum absolute atomic E-state index is 0.0596. The van der Waals surface area contributed by atoms with Gasteiger partial charge in [0.2, 0.25) is 0 Å². The van der Waals surface area contributed by atoms with Crippen LogP contribution in [0.15, 0.2) is 82.7 Å². The van der Waals surface area contributed by atoms with E-state index in [0.717, 1.165) is 10.2 Å². The van der Waals surface area contributed by atoms with E-state index in [2.05, 4.69) is 4.99 Å². The standard InChI is InChI=1S/C27H27N3O6S2/c1-4-36-17-16-30-23-15-12-20(26(32)35-3)18-24(23)37-27(30)28-25(31)19-10-13-22(14-11-19)38(33,34)29(2)21-8-6-5-7-9-21/h5-15,18H,4,16-17H2,1-3H3. The van der Waals surface area contributed by atoms with Gasteiger partial charge in [0.05, 0.1) is 40.1 Å². The van der Waals surface area contributed by atoms with Crippen molar-refractivity contribution in [2.75, 3.05) is 31.7 Å². The first-order valence-corrected chi connectivity index (χ1v) is 14.0. The maximum atomic E-state index is 13.1. The molecule has 0 saturated heterocycles. The molecule has 4 aromatic rings. The molecule has 38 heavy (non-hydrogen) atoms. The van der Waals surface area contributed by atoms with Gasteiger partial charge in [0, 0.05) is 25.8 Å². The minimum Gasteiger partial charge on any atom is -0.465 e. The molecular weight excluding hydrogens is 526 g/mol. The Kier molecular flexibility index (Phi) is 8.40. The number of carbonyl (C=O) groups excluding carboxylic acids is 2. The van der Waals surface area contributed by atoms with Gasteiger partial charge in [-0.15, -0.1) is 0 Å². The number of nitrogens with zero attached hydrogens (tertiary/aromatic N) is 3. The maximum absolute atomic E-state index is 13.1. The van der Waals surface area contributed by atoms with Crippen LogP contribution in [0, 0.1) is 0 Å². The normalized spacial score (nSPS) is 12.0. The zero-order valence-electron chi connectivity index (χ0n) is 21.2. The summed E-state index contributed by atoms with van der Waals surface area (Å²) in [5.74, 6) is -0.973. The second kappa shape index (κ2) is 11.7. The van der Waals surface area contributed by atoms with Crippen LogP contribution in [-0.4, -0.2) is 52.2 Å². The molecule has 0 saturated carbocycles. The van der Waals surface area contributed by atoms with E-state index in [9.17, 15) is 18.0 Å². The van der Waals surface area contributed by atoms with E-state index < -0.39 is 21.9 Å². The summed E-state index contributed by atoms with van der Waals surface area (Å²) in [7, 11) is -1.01. The molecule has 0 bridgehead atoms. The number of hydrogen-bond acceptors (Lipinski definition) is 7. The highest BCUT2D eigenvalue weighted by atomic mass is 32.2.